The first kappa shape index (κ1) is 20.8. The van der Waals surface area contributed by atoms with Crippen LogP contribution in [0.2, 0.25) is 0 Å². The average Bonchev–Trinajstić information content (AvgIpc) is 3.19. The zero-order chi connectivity index (χ0) is 20.5. The Labute approximate surface area is 174 Å². The van der Waals surface area contributed by atoms with Crippen LogP contribution in [0.25, 0.3) is 10.6 Å². The third-order valence-corrected chi connectivity index (χ3v) is 5.10. The summed E-state index contributed by atoms with van der Waals surface area (Å²) in [6, 6.07) is 9.72. The molecule has 2 aromatic heterocycles. The maximum absolute atomic E-state index is 12.3. The van der Waals surface area contributed by atoms with Gasteiger partial charge in [0.1, 0.15) is 5.01 Å². The van der Waals surface area contributed by atoms with Crippen molar-refractivity contribution < 1.29 is 14.3 Å². The number of hydrogen-bond donors (Lipinski definition) is 1. The summed E-state index contributed by atoms with van der Waals surface area (Å²) in [5.74, 6) is 1.45. The van der Waals surface area contributed by atoms with Crippen molar-refractivity contribution in [3.05, 3.63) is 59.4 Å². The fraction of sp³-hybridized carbons (Fsp3) is 0.318. The zero-order valence-corrected chi connectivity index (χ0v) is 17.5. The van der Waals surface area contributed by atoms with Crippen molar-refractivity contribution in [1.82, 2.24) is 15.3 Å². The van der Waals surface area contributed by atoms with E-state index in [1.807, 2.05) is 49.6 Å². The summed E-state index contributed by atoms with van der Waals surface area (Å²) < 4.78 is 11.2. The van der Waals surface area contributed by atoms with E-state index in [2.05, 4.69) is 15.3 Å². The van der Waals surface area contributed by atoms with Crippen LogP contribution in [0.15, 0.2) is 48.1 Å². The number of rotatable bonds is 10. The van der Waals surface area contributed by atoms with Crippen molar-refractivity contribution in [1.29, 1.82) is 0 Å². The second-order valence-electron chi connectivity index (χ2n) is 6.30. The molecule has 0 aliphatic carbocycles. The van der Waals surface area contributed by atoms with Crippen molar-refractivity contribution in [2.75, 3.05) is 19.8 Å². The monoisotopic (exact) mass is 411 g/mol. The third kappa shape index (κ3) is 6.02. The maximum atomic E-state index is 12.3. The number of ether oxygens (including phenoxy) is 2. The summed E-state index contributed by atoms with van der Waals surface area (Å²) in [6.45, 7) is 5.62. The Morgan fingerprint density at radius 1 is 1.07 bits per heavy atom. The summed E-state index contributed by atoms with van der Waals surface area (Å²) >= 11 is 1.53. The van der Waals surface area contributed by atoms with Crippen molar-refractivity contribution in [3.8, 4) is 22.1 Å². The van der Waals surface area contributed by atoms with Crippen LogP contribution in [-0.4, -0.2) is 35.6 Å². The highest BCUT2D eigenvalue weighted by Crippen LogP contribution is 2.28. The number of amides is 1. The molecule has 0 fully saturated rings. The molecule has 152 valence electrons. The maximum Gasteiger partial charge on any atom is 0.226 e. The van der Waals surface area contributed by atoms with E-state index in [1.54, 1.807) is 12.4 Å². The average molecular weight is 412 g/mol. The first-order chi connectivity index (χ1) is 14.2. The van der Waals surface area contributed by atoms with Crippen LogP contribution in [0.5, 0.6) is 11.5 Å². The summed E-state index contributed by atoms with van der Waals surface area (Å²) in [7, 11) is 0. The molecule has 0 bridgehead atoms. The minimum atomic E-state index is -0.0347. The van der Waals surface area contributed by atoms with E-state index in [0.29, 0.717) is 19.8 Å². The van der Waals surface area contributed by atoms with Gasteiger partial charge < -0.3 is 14.8 Å². The number of benzene rings is 1. The minimum absolute atomic E-state index is 0.0347. The Hall–Kier alpha value is -2.93. The molecule has 0 atom stereocenters. The molecular weight excluding hydrogens is 386 g/mol. The van der Waals surface area contributed by atoms with Gasteiger partial charge in [0.05, 0.1) is 25.3 Å². The van der Waals surface area contributed by atoms with Gasteiger partial charge in [-0.3, -0.25) is 9.78 Å². The molecule has 0 saturated carbocycles. The van der Waals surface area contributed by atoms with Crippen LogP contribution in [0, 0.1) is 0 Å². The number of aromatic nitrogens is 2. The standard InChI is InChI=1S/C22H25N3O3S/c1-3-27-19-6-5-16(13-20(19)28-4-2)7-12-24-21(26)14-18-15-29-22(25-18)17-8-10-23-11-9-17/h5-6,8-11,13,15H,3-4,7,12,14H2,1-2H3,(H,24,26). The van der Waals surface area contributed by atoms with Gasteiger partial charge in [-0.25, -0.2) is 4.98 Å². The normalized spacial score (nSPS) is 10.6. The molecule has 0 aliphatic rings. The lowest BCUT2D eigenvalue weighted by Gasteiger charge is -2.12. The Balaban J connectivity index is 1.50. The van der Waals surface area contributed by atoms with Crippen LogP contribution < -0.4 is 14.8 Å². The molecule has 3 aromatic rings. The number of carbonyl (C=O) groups excluding carboxylic acids is 1. The molecule has 0 saturated heterocycles. The number of hydrogen-bond acceptors (Lipinski definition) is 6. The van der Waals surface area contributed by atoms with Crippen LogP contribution in [0.3, 0.4) is 0 Å². The quantitative estimate of drug-likeness (QED) is 0.548. The molecule has 6 nitrogen and oxygen atoms in total. The lowest BCUT2D eigenvalue weighted by molar-refractivity contribution is -0.120. The molecular formula is C22H25N3O3S. The van der Waals surface area contributed by atoms with Crippen LogP contribution >= 0.6 is 11.3 Å². The second kappa shape index (κ2) is 10.6. The van der Waals surface area contributed by atoms with Gasteiger partial charge in [-0.2, -0.15) is 0 Å². The predicted molar refractivity (Wildman–Crippen MR) is 115 cm³/mol. The van der Waals surface area contributed by atoms with Crippen LogP contribution in [0.1, 0.15) is 25.1 Å². The Morgan fingerprint density at radius 3 is 2.59 bits per heavy atom. The van der Waals surface area contributed by atoms with Gasteiger partial charge in [0, 0.05) is 29.9 Å². The number of thiazole rings is 1. The second-order valence-corrected chi connectivity index (χ2v) is 7.16. The number of nitrogens with one attached hydrogen (secondary N) is 1. The lowest BCUT2D eigenvalue weighted by Crippen LogP contribution is -2.27. The predicted octanol–water partition coefficient (Wildman–Crippen LogP) is 3.90. The smallest absolute Gasteiger partial charge is 0.226 e. The molecule has 0 unspecified atom stereocenters. The Bertz CT molecular complexity index is 928. The van der Waals surface area contributed by atoms with Crippen molar-refractivity contribution in [2.45, 2.75) is 26.7 Å². The molecule has 0 aliphatic heterocycles. The van der Waals surface area contributed by atoms with E-state index in [-0.39, 0.29) is 12.3 Å². The van der Waals surface area contributed by atoms with Crippen LogP contribution in [0.4, 0.5) is 0 Å². The van der Waals surface area contributed by atoms with E-state index in [0.717, 1.165) is 39.7 Å². The molecule has 1 amide bonds. The fourth-order valence-electron chi connectivity index (χ4n) is 2.84. The van der Waals surface area contributed by atoms with Crippen molar-refractivity contribution in [3.63, 3.8) is 0 Å². The minimum Gasteiger partial charge on any atom is -0.490 e. The van der Waals surface area contributed by atoms with Gasteiger partial charge in [-0.15, -0.1) is 11.3 Å². The summed E-state index contributed by atoms with van der Waals surface area (Å²) in [4.78, 5) is 20.8. The number of carbonyl (C=O) groups is 1. The molecule has 3 rings (SSSR count). The zero-order valence-electron chi connectivity index (χ0n) is 16.7. The van der Waals surface area contributed by atoms with Crippen molar-refractivity contribution >= 4 is 17.2 Å². The first-order valence-electron chi connectivity index (χ1n) is 9.69. The van der Waals surface area contributed by atoms with E-state index in [4.69, 9.17) is 9.47 Å². The van der Waals surface area contributed by atoms with Crippen molar-refractivity contribution in [2.24, 2.45) is 0 Å². The van der Waals surface area contributed by atoms with E-state index in [9.17, 15) is 4.79 Å². The van der Waals surface area contributed by atoms with Gasteiger partial charge in [0.2, 0.25) is 5.91 Å². The molecule has 0 radical (unpaired) electrons. The largest absolute Gasteiger partial charge is 0.490 e. The summed E-state index contributed by atoms with van der Waals surface area (Å²) in [5, 5.41) is 5.79. The fourth-order valence-corrected chi connectivity index (χ4v) is 3.67. The summed E-state index contributed by atoms with van der Waals surface area (Å²) in [5.41, 5.74) is 2.88. The highest BCUT2D eigenvalue weighted by molar-refractivity contribution is 7.13. The highest BCUT2D eigenvalue weighted by Gasteiger charge is 2.10. The lowest BCUT2D eigenvalue weighted by atomic mass is 10.1. The van der Waals surface area contributed by atoms with Gasteiger partial charge in [0.25, 0.3) is 0 Å². The molecule has 7 heteroatoms. The van der Waals surface area contributed by atoms with E-state index >= 15 is 0 Å². The molecule has 29 heavy (non-hydrogen) atoms. The third-order valence-electron chi connectivity index (χ3n) is 4.16. The Morgan fingerprint density at radius 2 is 1.83 bits per heavy atom. The summed E-state index contributed by atoms with van der Waals surface area (Å²) in [6.07, 6.45) is 4.47. The molecule has 2 heterocycles. The first-order valence-corrected chi connectivity index (χ1v) is 10.6. The SMILES string of the molecule is CCOc1ccc(CCNC(=O)Cc2csc(-c3ccncc3)n2)cc1OCC. The van der Waals surface area contributed by atoms with Gasteiger partial charge in [-0.1, -0.05) is 6.07 Å². The van der Waals surface area contributed by atoms with Gasteiger partial charge >= 0.3 is 0 Å². The van der Waals surface area contributed by atoms with E-state index < -0.39 is 0 Å². The van der Waals surface area contributed by atoms with Gasteiger partial charge in [0.15, 0.2) is 11.5 Å². The molecule has 1 aromatic carbocycles. The number of pyridine rings is 1. The molecule has 1 N–H and O–H groups in total. The number of nitrogens with zero attached hydrogens (tertiary/aromatic N) is 2. The van der Waals surface area contributed by atoms with Crippen LogP contribution in [-0.2, 0) is 17.6 Å². The van der Waals surface area contributed by atoms with E-state index in [1.165, 1.54) is 11.3 Å². The molecule has 0 spiro atoms. The van der Waals surface area contributed by atoms with Gasteiger partial charge in [-0.05, 0) is 50.1 Å². The Kier molecular flexibility index (Phi) is 7.58. The highest BCUT2D eigenvalue weighted by atomic mass is 32.1. The topological polar surface area (TPSA) is 73.3 Å².